The summed E-state index contributed by atoms with van der Waals surface area (Å²) in [6.07, 6.45) is -26.5. The highest BCUT2D eigenvalue weighted by molar-refractivity contribution is 4.97. The summed E-state index contributed by atoms with van der Waals surface area (Å²) in [6.45, 7) is 0. The van der Waals surface area contributed by atoms with Crippen LogP contribution in [0.2, 0.25) is 0 Å². The Morgan fingerprint density at radius 3 is 2.26 bits per heavy atom. The molecule has 112 valence electrons. The normalized spacial score (nSPS) is 61.4. The molecule has 2 fully saturated rings. The summed E-state index contributed by atoms with van der Waals surface area (Å²) < 4.78 is 131. The molecule has 0 aromatic rings. The van der Waals surface area contributed by atoms with Crippen molar-refractivity contribution in [3.8, 4) is 0 Å². The number of halogens is 3. The van der Waals surface area contributed by atoms with Gasteiger partial charge in [0.25, 0.3) is 0 Å². The van der Waals surface area contributed by atoms with Crippen molar-refractivity contribution in [1.82, 2.24) is 0 Å². The van der Waals surface area contributed by atoms with Crippen molar-refractivity contribution in [1.29, 1.82) is 0 Å². The van der Waals surface area contributed by atoms with E-state index in [1.807, 2.05) is 0 Å². The Bertz CT molecular complexity index is 673. The summed E-state index contributed by atoms with van der Waals surface area (Å²) >= 11 is 0. The monoisotopic (exact) mass is 289 g/mol. The maximum Gasteiger partial charge on any atom is 0.394 e. The van der Waals surface area contributed by atoms with Gasteiger partial charge < -0.3 is 5.11 Å². The summed E-state index contributed by atoms with van der Waals surface area (Å²) in [5, 5.41) is 11.4. The van der Waals surface area contributed by atoms with Crippen LogP contribution in [-0.2, 0) is 0 Å². The zero-order valence-electron chi connectivity index (χ0n) is 21.4. The van der Waals surface area contributed by atoms with Gasteiger partial charge in [-0.25, -0.2) is 0 Å². The maximum absolute atomic E-state index is 14.4. The first-order chi connectivity index (χ1) is 13.1. The van der Waals surface area contributed by atoms with Crippen LogP contribution in [0.4, 0.5) is 13.2 Å². The molecule has 1 N–H and O–H groups in total. The molecule has 0 aliphatic heterocycles. The number of aliphatic hydroxyl groups is 1. The smallest absolute Gasteiger partial charge is 0.389 e. The van der Waals surface area contributed by atoms with Crippen LogP contribution >= 0.6 is 0 Å². The molecule has 0 radical (unpaired) electrons. The van der Waals surface area contributed by atoms with E-state index in [2.05, 4.69) is 0 Å². The van der Waals surface area contributed by atoms with Crippen LogP contribution in [0.15, 0.2) is 0 Å². The molecule has 0 aromatic heterocycles. The van der Waals surface area contributed by atoms with Crippen molar-refractivity contribution >= 4 is 0 Å². The van der Waals surface area contributed by atoms with Gasteiger partial charge in [0.1, 0.15) is 0 Å². The van der Waals surface area contributed by atoms with Gasteiger partial charge in [-0.2, -0.15) is 13.2 Å². The molecule has 1 nitrogen and oxygen atoms in total. The third-order valence-corrected chi connectivity index (χ3v) is 3.68. The third-order valence-electron chi connectivity index (χ3n) is 3.68. The van der Waals surface area contributed by atoms with Gasteiger partial charge >= 0.3 is 6.18 Å². The summed E-state index contributed by atoms with van der Waals surface area (Å²) in [4.78, 5) is 0. The van der Waals surface area contributed by atoms with Gasteiger partial charge in [0, 0.05) is 15.1 Å². The lowest BCUT2D eigenvalue weighted by Gasteiger charge is -2.42. The van der Waals surface area contributed by atoms with Gasteiger partial charge in [0.05, 0.1) is 11.5 Å². The predicted octanol–water partition coefficient (Wildman–Crippen LogP) is 4.83. The van der Waals surface area contributed by atoms with E-state index < -0.39 is 55.5 Å². The van der Waals surface area contributed by atoms with Crippen molar-refractivity contribution in [2.24, 2.45) is 11.8 Å². The van der Waals surface area contributed by atoms with Crippen molar-refractivity contribution < 1.29 is 33.4 Å². The number of hydrogen-bond donors (Lipinski definition) is 1. The number of hydrogen-bond acceptors (Lipinski definition) is 1. The highest BCUT2D eigenvalue weighted by Gasteiger charge is 2.55. The highest BCUT2D eigenvalue weighted by Crippen LogP contribution is 2.49. The SMILES string of the molecule is [2H]C1([2H])C([2H])([2H])C([2H])([2H])C(O)(C2CCCCCC2)C([2H])(C(F)(F)F)C([2H])([2H])C1([2H])[2H]. The fourth-order valence-corrected chi connectivity index (χ4v) is 2.70. The Morgan fingerprint density at radius 1 is 1.05 bits per heavy atom. The Balaban J connectivity index is 3.08. The van der Waals surface area contributed by atoms with E-state index in [0.29, 0.717) is 12.8 Å². The highest BCUT2D eigenvalue weighted by atomic mass is 19.4. The molecule has 4 heteroatoms. The summed E-state index contributed by atoms with van der Waals surface area (Å²) in [7, 11) is 0. The Labute approximate surface area is 129 Å². The van der Waals surface area contributed by atoms with E-state index in [1.54, 1.807) is 0 Å². The van der Waals surface area contributed by atoms with Crippen LogP contribution < -0.4 is 0 Å². The van der Waals surface area contributed by atoms with Gasteiger partial charge in [0.2, 0.25) is 0 Å². The fourth-order valence-electron chi connectivity index (χ4n) is 2.70. The molecule has 0 spiro atoms. The van der Waals surface area contributed by atoms with Gasteiger partial charge in [-0.15, -0.1) is 0 Å². The molecule has 0 heterocycles. The van der Waals surface area contributed by atoms with Crippen molar-refractivity contribution in [2.75, 3.05) is 0 Å². The summed E-state index contributed by atoms with van der Waals surface area (Å²) in [5.74, 6) is -6.66. The molecular formula is C15H25F3O. The molecule has 0 aromatic carbocycles. The van der Waals surface area contributed by atoms with E-state index in [-0.39, 0.29) is 25.7 Å². The van der Waals surface area contributed by atoms with E-state index in [4.69, 9.17) is 15.1 Å². The van der Waals surface area contributed by atoms with Gasteiger partial charge in [0.15, 0.2) is 0 Å². The average Bonchev–Trinajstić information content (AvgIpc) is 2.87. The average molecular weight is 289 g/mol. The Hall–Kier alpha value is -0.250. The van der Waals surface area contributed by atoms with Crippen molar-refractivity contribution in [2.45, 2.75) is 82.2 Å². The molecule has 2 rings (SSSR count). The van der Waals surface area contributed by atoms with Gasteiger partial charge in [-0.3, -0.25) is 0 Å². The Kier molecular flexibility index (Phi) is 1.98. The lowest BCUT2D eigenvalue weighted by atomic mass is 9.70. The number of alkyl halides is 3. The predicted molar refractivity (Wildman–Crippen MR) is 68.8 cm³/mol. The van der Waals surface area contributed by atoms with Crippen molar-refractivity contribution in [3.63, 3.8) is 0 Å². The molecule has 0 saturated heterocycles. The second kappa shape index (κ2) is 6.02. The molecule has 0 amide bonds. The first-order valence-corrected chi connectivity index (χ1v) is 6.40. The minimum absolute atomic E-state index is 0.211. The zero-order chi connectivity index (χ0) is 23.8. The molecule has 2 aliphatic carbocycles. The number of rotatable bonds is 1. The zero-order valence-corrected chi connectivity index (χ0v) is 10.4. The fraction of sp³-hybridized carbons (Fsp3) is 1.00. The third kappa shape index (κ3) is 3.45. The first-order valence-electron chi connectivity index (χ1n) is 11.9. The minimum Gasteiger partial charge on any atom is -0.389 e. The molecule has 2 saturated carbocycles. The quantitative estimate of drug-likeness (QED) is 0.685. The molecule has 19 heavy (non-hydrogen) atoms. The van der Waals surface area contributed by atoms with E-state index in [9.17, 15) is 18.3 Å². The van der Waals surface area contributed by atoms with Crippen LogP contribution in [0, 0.1) is 11.8 Å². The van der Waals surface area contributed by atoms with Crippen LogP contribution in [0.1, 0.15) is 85.5 Å². The first kappa shape index (κ1) is 6.25. The topological polar surface area (TPSA) is 20.2 Å². The standard InChI is InChI=1S/C15H25F3O/c16-15(17,18)13-10-6-3-7-11-14(13,19)12-8-4-1-2-5-9-12/h12-13,19H,1-11H2/i3D2,6D2,7D2,10D2,11D2,13D. The molecule has 2 aliphatic rings. The summed E-state index contributed by atoms with van der Waals surface area (Å²) in [5.41, 5.74) is -4.12. The summed E-state index contributed by atoms with van der Waals surface area (Å²) in [6, 6.07) is 0. The van der Waals surface area contributed by atoms with Crippen LogP contribution in [0.3, 0.4) is 0 Å². The van der Waals surface area contributed by atoms with E-state index in [1.165, 1.54) is 0 Å². The lowest BCUT2D eigenvalue weighted by Crippen LogP contribution is -2.50. The molecule has 2 unspecified atom stereocenters. The maximum atomic E-state index is 14.4. The molecule has 0 bridgehead atoms. The van der Waals surface area contributed by atoms with Crippen molar-refractivity contribution in [3.05, 3.63) is 0 Å². The van der Waals surface area contributed by atoms with Gasteiger partial charge in [-0.05, 0) is 31.5 Å². The van der Waals surface area contributed by atoms with Crippen LogP contribution in [0.5, 0.6) is 0 Å². The molecule has 2 atom stereocenters. The minimum atomic E-state index is -6.06. The van der Waals surface area contributed by atoms with E-state index in [0.717, 1.165) is 0 Å². The second-order valence-electron chi connectivity index (χ2n) is 4.95. The lowest BCUT2D eigenvalue weighted by molar-refractivity contribution is -0.242. The van der Waals surface area contributed by atoms with Crippen LogP contribution in [-0.4, -0.2) is 16.9 Å². The van der Waals surface area contributed by atoms with Gasteiger partial charge in [-0.1, -0.05) is 44.8 Å². The largest absolute Gasteiger partial charge is 0.394 e. The second-order valence-corrected chi connectivity index (χ2v) is 4.95. The Morgan fingerprint density at radius 2 is 1.68 bits per heavy atom. The van der Waals surface area contributed by atoms with Crippen LogP contribution in [0.25, 0.3) is 0 Å². The van der Waals surface area contributed by atoms with E-state index >= 15 is 0 Å². The molecular weight excluding hydrogens is 253 g/mol.